The van der Waals surface area contributed by atoms with Gasteiger partial charge in [-0.15, -0.1) is 0 Å². The molecule has 108 valence electrons. The molecule has 0 heterocycles. The van der Waals surface area contributed by atoms with E-state index >= 15 is 0 Å². The first-order valence-corrected chi connectivity index (χ1v) is 7.20. The van der Waals surface area contributed by atoms with Crippen LogP contribution in [0.25, 0.3) is 0 Å². The van der Waals surface area contributed by atoms with E-state index in [0.717, 1.165) is 30.4 Å². The van der Waals surface area contributed by atoms with Crippen LogP contribution in [0.4, 0.5) is 4.39 Å². The fraction of sp³-hybridized carbons (Fsp3) is 0.278. The highest BCUT2D eigenvalue weighted by Gasteiger charge is 2.25. The van der Waals surface area contributed by atoms with Crippen LogP contribution in [-0.2, 0) is 11.2 Å². The van der Waals surface area contributed by atoms with Gasteiger partial charge >= 0.3 is 5.97 Å². The van der Waals surface area contributed by atoms with Gasteiger partial charge in [-0.1, -0.05) is 35.9 Å². The van der Waals surface area contributed by atoms with Crippen molar-refractivity contribution in [2.24, 2.45) is 0 Å². The molecule has 0 bridgehead atoms. The van der Waals surface area contributed by atoms with Gasteiger partial charge in [-0.25, -0.2) is 9.18 Å². The van der Waals surface area contributed by atoms with Gasteiger partial charge in [0.25, 0.3) is 0 Å². The van der Waals surface area contributed by atoms with Crippen LogP contribution < -0.4 is 0 Å². The highest BCUT2D eigenvalue weighted by Crippen LogP contribution is 2.33. The lowest BCUT2D eigenvalue weighted by Crippen LogP contribution is -2.17. The molecule has 0 N–H and O–H groups in total. The van der Waals surface area contributed by atoms with Crippen molar-refractivity contribution in [3.63, 3.8) is 0 Å². The Hall–Kier alpha value is -2.16. The number of hydrogen-bond acceptors (Lipinski definition) is 2. The van der Waals surface area contributed by atoms with E-state index in [2.05, 4.69) is 6.07 Å². The second kappa shape index (κ2) is 5.68. The van der Waals surface area contributed by atoms with Crippen molar-refractivity contribution in [3.8, 4) is 0 Å². The second-order valence-electron chi connectivity index (χ2n) is 5.47. The lowest BCUT2D eigenvalue weighted by atomic mass is 9.89. The highest BCUT2D eigenvalue weighted by atomic mass is 19.1. The fourth-order valence-corrected chi connectivity index (χ4v) is 2.82. The van der Waals surface area contributed by atoms with Gasteiger partial charge in [0.05, 0.1) is 5.56 Å². The van der Waals surface area contributed by atoms with Gasteiger partial charge in [-0.05, 0) is 49.4 Å². The monoisotopic (exact) mass is 284 g/mol. The third-order valence-corrected chi connectivity index (χ3v) is 3.91. The van der Waals surface area contributed by atoms with E-state index in [4.69, 9.17) is 4.74 Å². The van der Waals surface area contributed by atoms with Gasteiger partial charge in [0.2, 0.25) is 0 Å². The van der Waals surface area contributed by atoms with Crippen LogP contribution in [0.3, 0.4) is 0 Å². The zero-order valence-corrected chi connectivity index (χ0v) is 11.9. The summed E-state index contributed by atoms with van der Waals surface area (Å²) in [5.41, 5.74) is 3.11. The van der Waals surface area contributed by atoms with Gasteiger partial charge in [-0.2, -0.15) is 0 Å². The van der Waals surface area contributed by atoms with Crippen LogP contribution in [0.1, 0.15) is 46.0 Å². The molecule has 0 aromatic heterocycles. The first kappa shape index (κ1) is 13.8. The van der Waals surface area contributed by atoms with Gasteiger partial charge in [0, 0.05) is 0 Å². The summed E-state index contributed by atoms with van der Waals surface area (Å²) in [5, 5.41) is 0. The maximum Gasteiger partial charge on any atom is 0.341 e. The summed E-state index contributed by atoms with van der Waals surface area (Å²) >= 11 is 0. The molecule has 1 aliphatic rings. The van der Waals surface area contributed by atoms with Crippen molar-refractivity contribution in [1.82, 2.24) is 0 Å². The Labute approximate surface area is 123 Å². The van der Waals surface area contributed by atoms with E-state index in [9.17, 15) is 9.18 Å². The molecule has 0 saturated carbocycles. The van der Waals surface area contributed by atoms with Crippen molar-refractivity contribution in [3.05, 3.63) is 70.5 Å². The Bertz CT molecular complexity index is 679. The van der Waals surface area contributed by atoms with Crippen molar-refractivity contribution in [1.29, 1.82) is 0 Å². The average Bonchev–Trinajstić information content (AvgIpc) is 2.50. The molecule has 1 unspecified atom stereocenters. The van der Waals surface area contributed by atoms with E-state index < -0.39 is 11.8 Å². The number of carbonyl (C=O) groups is 1. The molecule has 3 rings (SSSR count). The molecule has 2 nitrogen and oxygen atoms in total. The maximum absolute atomic E-state index is 13.8. The van der Waals surface area contributed by atoms with Crippen LogP contribution in [0.5, 0.6) is 0 Å². The number of benzene rings is 2. The number of hydrogen-bond donors (Lipinski definition) is 0. The Kier molecular flexibility index (Phi) is 3.74. The molecule has 2 aromatic carbocycles. The summed E-state index contributed by atoms with van der Waals surface area (Å²) < 4.78 is 19.3. The smallest absolute Gasteiger partial charge is 0.341 e. The largest absolute Gasteiger partial charge is 0.454 e. The first-order chi connectivity index (χ1) is 10.1. The first-order valence-electron chi connectivity index (χ1n) is 7.20. The standard InChI is InChI=1S/C18H17FO2/c1-12-9-10-16(19)15(11-12)18(20)21-17-8-4-6-13-5-2-3-7-14(13)17/h2-3,5,7,9-11,17H,4,6,8H2,1H3. The number of rotatable bonds is 2. The lowest BCUT2D eigenvalue weighted by Gasteiger charge is -2.25. The van der Waals surface area contributed by atoms with E-state index in [1.807, 2.05) is 25.1 Å². The molecular weight excluding hydrogens is 267 g/mol. The van der Waals surface area contributed by atoms with Crippen molar-refractivity contribution in [2.45, 2.75) is 32.3 Å². The van der Waals surface area contributed by atoms with Crippen LogP contribution in [-0.4, -0.2) is 5.97 Å². The van der Waals surface area contributed by atoms with Crippen molar-refractivity contribution < 1.29 is 13.9 Å². The zero-order valence-electron chi connectivity index (χ0n) is 11.9. The molecule has 0 amide bonds. The minimum atomic E-state index is -0.585. The number of aryl methyl sites for hydroxylation is 2. The summed E-state index contributed by atoms with van der Waals surface area (Å²) in [6.07, 6.45) is 2.49. The lowest BCUT2D eigenvalue weighted by molar-refractivity contribution is 0.0251. The molecule has 0 spiro atoms. The third kappa shape index (κ3) is 2.82. The second-order valence-corrected chi connectivity index (χ2v) is 5.47. The molecule has 0 aliphatic heterocycles. The minimum Gasteiger partial charge on any atom is -0.454 e. The number of fused-ring (bicyclic) bond motifs is 1. The van der Waals surface area contributed by atoms with Crippen molar-refractivity contribution in [2.75, 3.05) is 0 Å². The predicted molar refractivity (Wildman–Crippen MR) is 78.7 cm³/mol. The molecule has 3 heteroatoms. The van der Waals surface area contributed by atoms with E-state index in [-0.39, 0.29) is 11.7 Å². The molecule has 1 aliphatic carbocycles. The molecule has 2 aromatic rings. The summed E-state index contributed by atoms with van der Waals surface area (Å²) in [5.74, 6) is -1.12. The highest BCUT2D eigenvalue weighted by molar-refractivity contribution is 5.90. The van der Waals surface area contributed by atoms with Crippen LogP contribution in [0.15, 0.2) is 42.5 Å². The van der Waals surface area contributed by atoms with Crippen LogP contribution >= 0.6 is 0 Å². The normalized spacial score (nSPS) is 17.1. The predicted octanol–water partition coefficient (Wildman–Crippen LogP) is 4.37. The van der Waals surface area contributed by atoms with Crippen LogP contribution in [0.2, 0.25) is 0 Å². The van der Waals surface area contributed by atoms with E-state index in [1.54, 1.807) is 6.07 Å². The number of carbonyl (C=O) groups excluding carboxylic acids is 1. The summed E-state index contributed by atoms with van der Waals surface area (Å²) in [4.78, 5) is 12.2. The van der Waals surface area contributed by atoms with Gasteiger partial charge in [0.1, 0.15) is 11.9 Å². The summed E-state index contributed by atoms with van der Waals surface area (Å²) in [7, 11) is 0. The third-order valence-electron chi connectivity index (χ3n) is 3.91. The van der Waals surface area contributed by atoms with E-state index in [0.29, 0.717) is 0 Å². The fourth-order valence-electron chi connectivity index (χ4n) is 2.82. The molecule has 0 saturated heterocycles. The minimum absolute atomic E-state index is 0.0121. The molecular formula is C18H17FO2. The Morgan fingerprint density at radius 1 is 1.24 bits per heavy atom. The molecule has 1 atom stereocenters. The van der Waals surface area contributed by atoms with Crippen molar-refractivity contribution >= 4 is 5.97 Å². The van der Waals surface area contributed by atoms with Crippen LogP contribution in [0, 0.1) is 12.7 Å². The topological polar surface area (TPSA) is 26.3 Å². The average molecular weight is 284 g/mol. The molecule has 21 heavy (non-hydrogen) atoms. The summed E-state index contributed by atoms with van der Waals surface area (Å²) in [6, 6.07) is 12.5. The molecule has 0 radical (unpaired) electrons. The van der Waals surface area contributed by atoms with Gasteiger partial charge < -0.3 is 4.74 Å². The zero-order chi connectivity index (χ0) is 14.8. The number of esters is 1. The van der Waals surface area contributed by atoms with E-state index in [1.165, 1.54) is 17.7 Å². The Balaban J connectivity index is 1.84. The Morgan fingerprint density at radius 3 is 2.90 bits per heavy atom. The quantitative estimate of drug-likeness (QED) is 0.765. The van der Waals surface area contributed by atoms with Gasteiger partial charge in [-0.3, -0.25) is 0 Å². The number of ether oxygens (including phenoxy) is 1. The van der Waals surface area contributed by atoms with Gasteiger partial charge in [0.15, 0.2) is 0 Å². The Morgan fingerprint density at radius 2 is 2.05 bits per heavy atom. The SMILES string of the molecule is Cc1ccc(F)c(C(=O)OC2CCCc3ccccc32)c1. The number of halogens is 1. The maximum atomic E-state index is 13.8. The summed E-state index contributed by atoms with van der Waals surface area (Å²) in [6.45, 7) is 1.83. The molecule has 0 fully saturated rings.